The normalized spacial score (nSPS) is 31.7. The number of hydrogen-bond donors (Lipinski definition) is 1. The molecule has 96 valence electrons. The van der Waals surface area contributed by atoms with Crippen LogP contribution in [0.25, 0.3) is 0 Å². The molecule has 1 N–H and O–H groups in total. The third kappa shape index (κ3) is 2.53. The molecule has 1 aliphatic carbocycles. The maximum absolute atomic E-state index is 12.0. The number of aliphatic carboxylic acids is 1. The maximum Gasteiger partial charge on any atom is 0.411 e. The summed E-state index contributed by atoms with van der Waals surface area (Å²) in [6.07, 6.45) is 1.87. The van der Waals surface area contributed by atoms with Gasteiger partial charge in [0.1, 0.15) is 11.6 Å². The van der Waals surface area contributed by atoms with E-state index in [-0.39, 0.29) is 6.04 Å². The summed E-state index contributed by atoms with van der Waals surface area (Å²) in [5.74, 6) is -0.445. The van der Waals surface area contributed by atoms with E-state index >= 15 is 0 Å². The first-order chi connectivity index (χ1) is 7.79. The Kier molecular flexibility index (Phi) is 2.79. The highest BCUT2D eigenvalue weighted by molar-refractivity contribution is 5.81. The summed E-state index contributed by atoms with van der Waals surface area (Å²) in [4.78, 5) is 24.6. The van der Waals surface area contributed by atoms with E-state index in [0.717, 1.165) is 12.8 Å². The fourth-order valence-electron chi connectivity index (χ4n) is 2.44. The lowest BCUT2D eigenvalue weighted by Crippen LogP contribution is -2.50. The molecule has 0 bridgehead atoms. The molecule has 1 saturated carbocycles. The molecule has 1 heterocycles. The van der Waals surface area contributed by atoms with Gasteiger partial charge in [-0.1, -0.05) is 0 Å². The number of nitrogens with zero attached hydrogens (tertiary/aromatic N) is 1. The fourth-order valence-corrected chi connectivity index (χ4v) is 2.44. The molecule has 1 unspecified atom stereocenters. The van der Waals surface area contributed by atoms with Crippen molar-refractivity contribution in [2.75, 3.05) is 0 Å². The number of rotatable bonds is 1. The van der Waals surface area contributed by atoms with E-state index in [1.54, 1.807) is 20.8 Å². The number of carboxylic acid groups (broad SMARTS) is 1. The Morgan fingerprint density at radius 2 is 1.94 bits per heavy atom. The van der Waals surface area contributed by atoms with E-state index in [4.69, 9.17) is 9.84 Å². The summed E-state index contributed by atoms with van der Waals surface area (Å²) in [7, 11) is 0. The van der Waals surface area contributed by atoms with Crippen molar-refractivity contribution in [1.82, 2.24) is 4.90 Å². The first-order valence-corrected chi connectivity index (χ1v) is 6.04. The van der Waals surface area contributed by atoms with Crippen molar-refractivity contribution in [2.24, 2.45) is 5.92 Å². The SMILES string of the molecule is CC(C)(C)OC(=O)N1C2C[C@H]2CC[C@H]1C(=O)O. The third-order valence-corrected chi connectivity index (χ3v) is 3.28. The first-order valence-electron chi connectivity index (χ1n) is 6.04. The predicted octanol–water partition coefficient (Wildman–Crippen LogP) is 1.86. The molecule has 1 amide bonds. The number of carbonyl (C=O) groups excluding carboxylic acids is 1. The van der Waals surface area contributed by atoms with E-state index in [0.29, 0.717) is 12.3 Å². The van der Waals surface area contributed by atoms with Gasteiger partial charge < -0.3 is 9.84 Å². The number of fused-ring (bicyclic) bond motifs is 1. The molecule has 1 aliphatic heterocycles. The van der Waals surface area contributed by atoms with Crippen molar-refractivity contribution in [3.63, 3.8) is 0 Å². The van der Waals surface area contributed by atoms with Crippen LogP contribution < -0.4 is 0 Å². The molecule has 0 aromatic rings. The second kappa shape index (κ2) is 3.89. The summed E-state index contributed by atoms with van der Waals surface area (Å²) in [6.45, 7) is 5.36. The minimum atomic E-state index is -0.929. The smallest absolute Gasteiger partial charge is 0.411 e. The number of amides is 1. The topological polar surface area (TPSA) is 66.8 Å². The zero-order valence-electron chi connectivity index (χ0n) is 10.5. The molecule has 2 rings (SSSR count). The van der Waals surface area contributed by atoms with Gasteiger partial charge in [0.2, 0.25) is 0 Å². The number of likely N-dealkylation sites (tertiary alicyclic amines) is 1. The van der Waals surface area contributed by atoms with E-state index in [2.05, 4.69) is 0 Å². The lowest BCUT2D eigenvalue weighted by molar-refractivity contribution is -0.144. The van der Waals surface area contributed by atoms with Gasteiger partial charge in [0.15, 0.2) is 0 Å². The third-order valence-electron chi connectivity index (χ3n) is 3.28. The number of piperidine rings is 1. The summed E-state index contributed by atoms with van der Waals surface area (Å²) in [6, 6.07) is -0.631. The fraction of sp³-hybridized carbons (Fsp3) is 0.833. The number of ether oxygens (including phenoxy) is 1. The van der Waals surface area contributed by atoms with Gasteiger partial charge in [-0.15, -0.1) is 0 Å². The van der Waals surface area contributed by atoms with Crippen LogP contribution in [0.1, 0.15) is 40.0 Å². The zero-order valence-corrected chi connectivity index (χ0v) is 10.5. The number of carboxylic acids is 1. The molecule has 17 heavy (non-hydrogen) atoms. The summed E-state index contributed by atoms with van der Waals surface area (Å²) >= 11 is 0. The Morgan fingerprint density at radius 3 is 2.47 bits per heavy atom. The Hall–Kier alpha value is -1.26. The second-order valence-corrected chi connectivity index (χ2v) is 5.88. The molecule has 3 atom stereocenters. The minimum absolute atomic E-state index is 0.0831. The van der Waals surface area contributed by atoms with E-state index in [1.807, 2.05) is 0 Å². The van der Waals surface area contributed by atoms with Gasteiger partial charge in [-0.25, -0.2) is 9.59 Å². The molecule has 0 spiro atoms. The maximum atomic E-state index is 12.0. The van der Waals surface area contributed by atoms with Gasteiger partial charge in [0, 0.05) is 6.04 Å². The van der Waals surface area contributed by atoms with Crippen molar-refractivity contribution in [3.05, 3.63) is 0 Å². The standard InChI is InChI=1S/C12H19NO4/c1-12(2,3)17-11(16)13-8(10(14)15)5-4-7-6-9(7)13/h7-9H,4-6H2,1-3H3,(H,14,15)/t7-,8+,9?/m1/s1. The first kappa shape index (κ1) is 12.2. The van der Waals surface area contributed by atoms with Crippen LogP contribution >= 0.6 is 0 Å². The highest BCUT2D eigenvalue weighted by Gasteiger charge is 2.53. The van der Waals surface area contributed by atoms with Gasteiger partial charge in [-0.3, -0.25) is 4.90 Å². The van der Waals surface area contributed by atoms with Crippen molar-refractivity contribution in [1.29, 1.82) is 0 Å². The van der Waals surface area contributed by atoms with Crippen molar-refractivity contribution >= 4 is 12.1 Å². The van der Waals surface area contributed by atoms with Crippen LogP contribution in [0.5, 0.6) is 0 Å². The van der Waals surface area contributed by atoms with Crippen LogP contribution in [0.2, 0.25) is 0 Å². The average molecular weight is 241 g/mol. The quantitative estimate of drug-likeness (QED) is 0.761. The Bertz CT molecular complexity index is 347. The van der Waals surface area contributed by atoms with Gasteiger partial charge >= 0.3 is 12.1 Å². The lowest BCUT2D eigenvalue weighted by Gasteiger charge is -2.34. The number of carbonyl (C=O) groups is 2. The molecule has 0 aromatic heterocycles. The molecular weight excluding hydrogens is 222 g/mol. The van der Waals surface area contributed by atoms with Crippen LogP contribution in [0.4, 0.5) is 4.79 Å². The van der Waals surface area contributed by atoms with Crippen molar-refractivity contribution < 1.29 is 19.4 Å². The van der Waals surface area contributed by atoms with Gasteiger partial charge in [0.25, 0.3) is 0 Å². The minimum Gasteiger partial charge on any atom is -0.480 e. The van der Waals surface area contributed by atoms with Crippen LogP contribution in [-0.2, 0) is 9.53 Å². The largest absolute Gasteiger partial charge is 0.480 e. The van der Waals surface area contributed by atoms with E-state index < -0.39 is 23.7 Å². The predicted molar refractivity (Wildman–Crippen MR) is 60.6 cm³/mol. The van der Waals surface area contributed by atoms with Crippen LogP contribution in [-0.4, -0.2) is 39.8 Å². The Morgan fingerprint density at radius 1 is 1.29 bits per heavy atom. The molecule has 5 nitrogen and oxygen atoms in total. The molecule has 0 radical (unpaired) electrons. The van der Waals surface area contributed by atoms with Crippen LogP contribution in [0, 0.1) is 5.92 Å². The van der Waals surface area contributed by atoms with Gasteiger partial charge in [-0.05, 0) is 46.0 Å². The Balaban J connectivity index is 2.10. The molecule has 2 aliphatic rings. The number of hydrogen-bond acceptors (Lipinski definition) is 3. The molecular formula is C12H19NO4. The van der Waals surface area contributed by atoms with Crippen LogP contribution in [0.15, 0.2) is 0 Å². The molecule has 2 fully saturated rings. The van der Waals surface area contributed by atoms with Gasteiger partial charge in [-0.2, -0.15) is 0 Å². The monoisotopic (exact) mass is 241 g/mol. The lowest BCUT2D eigenvalue weighted by atomic mass is 10.0. The summed E-state index contributed by atoms with van der Waals surface area (Å²) < 4.78 is 5.28. The van der Waals surface area contributed by atoms with Crippen molar-refractivity contribution in [3.8, 4) is 0 Å². The molecule has 1 saturated heterocycles. The summed E-state index contributed by atoms with van der Waals surface area (Å²) in [5.41, 5.74) is -0.581. The molecule has 0 aromatic carbocycles. The van der Waals surface area contributed by atoms with Crippen molar-refractivity contribution in [2.45, 2.75) is 57.7 Å². The highest BCUT2D eigenvalue weighted by Crippen LogP contribution is 2.45. The molecule has 5 heteroatoms. The van der Waals surface area contributed by atoms with E-state index in [9.17, 15) is 9.59 Å². The highest BCUT2D eigenvalue weighted by atomic mass is 16.6. The second-order valence-electron chi connectivity index (χ2n) is 5.88. The Labute approximate surface area is 101 Å². The summed E-state index contributed by atoms with van der Waals surface area (Å²) in [5, 5.41) is 9.14. The van der Waals surface area contributed by atoms with E-state index in [1.165, 1.54) is 4.90 Å². The zero-order chi connectivity index (χ0) is 12.8. The average Bonchev–Trinajstić information content (AvgIpc) is 2.90. The van der Waals surface area contributed by atoms with Gasteiger partial charge in [0.05, 0.1) is 0 Å². The van der Waals surface area contributed by atoms with Crippen LogP contribution in [0.3, 0.4) is 0 Å².